The van der Waals surface area contributed by atoms with E-state index in [0.717, 1.165) is 48.1 Å². The van der Waals surface area contributed by atoms with Gasteiger partial charge in [0.15, 0.2) is 17.5 Å². The van der Waals surface area contributed by atoms with Gasteiger partial charge in [-0.15, -0.1) is 6.58 Å². The third-order valence-corrected chi connectivity index (χ3v) is 12.3. The Morgan fingerprint density at radius 3 is 1.73 bits per heavy atom. The van der Waals surface area contributed by atoms with E-state index in [1.54, 1.807) is 5.56 Å². The number of halogens is 8. The van der Waals surface area contributed by atoms with Crippen molar-refractivity contribution in [2.75, 3.05) is 0 Å². The highest BCUT2D eigenvalue weighted by atomic mass is 19.3. The summed E-state index contributed by atoms with van der Waals surface area (Å²) < 4.78 is 117. The quantitative estimate of drug-likeness (QED) is 0.0691. The first-order chi connectivity index (χ1) is 28.8. The normalized spacial score (nSPS) is 19.3. The zero-order chi connectivity index (χ0) is 43.0. The fourth-order valence-corrected chi connectivity index (χ4v) is 8.94. The highest BCUT2D eigenvalue weighted by molar-refractivity contribution is 5.71. The Kier molecular flexibility index (Phi) is 14.9. The molecule has 0 spiro atoms. The van der Waals surface area contributed by atoms with Crippen molar-refractivity contribution in [3.8, 4) is 28.0 Å². The number of rotatable bonds is 12. The van der Waals surface area contributed by atoms with E-state index in [0.29, 0.717) is 23.3 Å². The molecule has 0 bridgehead atoms. The average Bonchev–Trinajstić information content (AvgIpc) is 3.22. The maximum absolute atomic E-state index is 14.9. The first-order valence-electron chi connectivity index (χ1n) is 21.0. The fraction of sp³-hybridized carbons (Fsp3) is 0.373. The second-order valence-corrected chi connectivity index (χ2v) is 16.4. The zero-order valence-corrected chi connectivity index (χ0v) is 34.2. The molecule has 9 heteroatoms. The van der Waals surface area contributed by atoms with Gasteiger partial charge in [0.2, 0.25) is 0 Å². The number of alkyl halides is 2. The lowest BCUT2D eigenvalue weighted by molar-refractivity contribution is -0.189. The first-order valence-corrected chi connectivity index (χ1v) is 21.0. The van der Waals surface area contributed by atoms with Crippen molar-refractivity contribution in [2.24, 2.45) is 17.8 Å². The van der Waals surface area contributed by atoms with E-state index in [4.69, 9.17) is 0 Å². The van der Waals surface area contributed by atoms with Crippen molar-refractivity contribution in [3.05, 3.63) is 161 Å². The Balaban J connectivity index is 0.000000224. The number of hydrogen-bond acceptors (Lipinski definition) is 1. The molecule has 318 valence electrons. The molecule has 60 heavy (non-hydrogen) atoms. The molecule has 0 atom stereocenters. The van der Waals surface area contributed by atoms with Crippen LogP contribution in [0.4, 0.5) is 35.1 Å². The predicted molar refractivity (Wildman–Crippen MR) is 223 cm³/mol. The van der Waals surface area contributed by atoms with Gasteiger partial charge in [-0.05, 0) is 134 Å². The SMILES string of the molecule is C=CCCC1CCC(C2CCC(c3ccc(C)cc3)CC2)CC1.CCCc1ccc(-c2ccc(-c3cc(F)c(C(F)(F)Oc4cc(F)c(F)c(F)c4)c(F)c3)c(F)c2)cc1. The number of allylic oxidation sites excluding steroid dienone is 1. The number of hydrogen-bond donors (Lipinski definition) is 0. The molecular weight excluding hydrogens is 781 g/mol. The van der Waals surface area contributed by atoms with E-state index < -0.39 is 52.3 Å². The van der Waals surface area contributed by atoms with Gasteiger partial charge in [-0.3, -0.25) is 0 Å². The highest BCUT2D eigenvalue weighted by Gasteiger charge is 2.42. The van der Waals surface area contributed by atoms with Gasteiger partial charge in [0, 0.05) is 17.7 Å². The Morgan fingerprint density at radius 2 is 1.18 bits per heavy atom. The summed E-state index contributed by atoms with van der Waals surface area (Å²) in [4.78, 5) is 0. The summed E-state index contributed by atoms with van der Waals surface area (Å²) >= 11 is 0. The Labute approximate surface area is 348 Å². The molecule has 1 nitrogen and oxygen atoms in total. The second kappa shape index (κ2) is 20.1. The van der Waals surface area contributed by atoms with Crippen molar-refractivity contribution in [1.82, 2.24) is 0 Å². The van der Waals surface area contributed by atoms with E-state index in [2.05, 4.69) is 48.6 Å². The van der Waals surface area contributed by atoms with Crippen LogP contribution >= 0.6 is 0 Å². The van der Waals surface area contributed by atoms with E-state index in [9.17, 15) is 35.1 Å². The predicted octanol–water partition coefficient (Wildman–Crippen LogP) is 16.0. The smallest absolute Gasteiger partial charge is 0.429 e. The van der Waals surface area contributed by atoms with Crippen LogP contribution in [0.1, 0.15) is 106 Å². The van der Waals surface area contributed by atoms with Crippen LogP contribution < -0.4 is 4.74 Å². The summed E-state index contributed by atoms with van der Waals surface area (Å²) in [5.41, 5.74) is 2.82. The largest absolute Gasteiger partial charge is 0.432 e. The molecule has 2 saturated carbocycles. The van der Waals surface area contributed by atoms with Crippen LogP contribution in [0.5, 0.6) is 5.75 Å². The molecule has 0 heterocycles. The molecule has 0 saturated heterocycles. The van der Waals surface area contributed by atoms with Crippen LogP contribution in [0.2, 0.25) is 0 Å². The molecule has 5 aromatic carbocycles. The van der Waals surface area contributed by atoms with Crippen molar-refractivity contribution < 1.29 is 39.9 Å². The van der Waals surface area contributed by atoms with Gasteiger partial charge in [-0.2, -0.15) is 8.78 Å². The second-order valence-electron chi connectivity index (χ2n) is 16.4. The summed E-state index contributed by atoms with van der Waals surface area (Å²) in [5.74, 6) is -7.35. The average molecular weight is 833 g/mol. The Hall–Kier alpha value is -4.92. The molecule has 0 N–H and O–H groups in total. The third kappa shape index (κ3) is 11.1. The zero-order valence-electron chi connectivity index (χ0n) is 34.2. The molecule has 0 aliphatic heterocycles. The molecule has 2 aliphatic rings. The maximum atomic E-state index is 14.9. The molecule has 0 unspecified atom stereocenters. The molecule has 0 aromatic heterocycles. The lowest BCUT2D eigenvalue weighted by Gasteiger charge is -2.38. The van der Waals surface area contributed by atoms with Crippen molar-refractivity contribution in [1.29, 1.82) is 0 Å². The lowest BCUT2D eigenvalue weighted by Crippen LogP contribution is -2.25. The van der Waals surface area contributed by atoms with Crippen LogP contribution in [0.15, 0.2) is 104 Å². The minimum atomic E-state index is -4.74. The van der Waals surface area contributed by atoms with Gasteiger partial charge in [0.1, 0.15) is 28.8 Å². The van der Waals surface area contributed by atoms with Gasteiger partial charge in [-0.25, -0.2) is 26.3 Å². The lowest BCUT2D eigenvalue weighted by atomic mass is 9.68. The van der Waals surface area contributed by atoms with Crippen molar-refractivity contribution in [3.63, 3.8) is 0 Å². The van der Waals surface area contributed by atoms with Crippen LogP contribution in [0.3, 0.4) is 0 Å². The van der Waals surface area contributed by atoms with Gasteiger partial charge < -0.3 is 4.74 Å². The Bertz CT molecular complexity index is 2150. The van der Waals surface area contributed by atoms with Gasteiger partial charge >= 0.3 is 6.11 Å². The standard InChI is InChI=1S/C28H18F8O.C23H34/c1-2-3-15-4-6-16(7-5-15)17-8-9-20(21(29)10-17)18-11-22(30)26(23(31)12-18)28(35,36)37-19-13-24(32)27(34)25(33)14-19;1-3-4-5-19-8-12-21(13-9-19)23-16-14-22(15-17-23)20-10-6-18(2)7-11-20/h4-14H,2-3H2,1H3;3,6-7,10-11,19,21-23H,1,4-5,8-9,12-17H2,2H3. The fourth-order valence-electron chi connectivity index (χ4n) is 8.94. The van der Waals surface area contributed by atoms with Crippen LogP contribution in [-0.4, -0.2) is 0 Å². The molecule has 2 aliphatic carbocycles. The summed E-state index contributed by atoms with van der Waals surface area (Å²) in [6.07, 6.45) is 13.6. The van der Waals surface area contributed by atoms with E-state index >= 15 is 0 Å². The summed E-state index contributed by atoms with van der Waals surface area (Å²) in [5, 5.41) is 0. The molecule has 0 radical (unpaired) electrons. The van der Waals surface area contributed by atoms with E-state index in [1.165, 1.54) is 81.9 Å². The molecule has 5 aromatic rings. The monoisotopic (exact) mass is 832 g/mol. The first kappa shape index (κ1) is 44.6. The summed E-state index contributed by atoms with van der Waals surface area (Å²) in [7, 11) is 0. The minimum Gasteiger partial charge on any atom is -0.429 e. The topological polar surface area (TPSA) is 9.23 Å². The Morgan fingerprint density at radius 1 is 0.633 bits per heavy atom. The molecule has 2 fully saturated rings. The van der Waals surface area contributed by atoms with Crippen molar-refractivity contribution >= 4 is 0 Å². The molecular formula is C51H52F8O. The van der Waals surface area contributed by atoms with Gasteiger partial charge in [-0.1, -0.05) is 98.5 Å². The van der Waals surface area contributed by atoms with E-state index in [-0.39, 0.29) is 23.3 Å². The number of benzene rings is 5. The third-order valence-electron chi connectivity index (χ3n) is 12.3. The van der Waals surface area contributed by atoms with Gasteiger partial charge in [0.25, 0.3) is 0 Å². The molecule has 7 rings (SSSR count). The maximum Gasteiger partial charge on any atom is 0.432 e. The van der Waals surface area contributed by atoms with Crippen LogP contribution in [0, 0.1) is 59.6 Å². The number of ether oxygens (including phenoxy) is 1. The van der Waals surface area contributed by atoms with Crippen LogP contribution in [-0.2, 0) is 12.5 Å². The highest BCUT2D eigenvalue weighted by Crippen LogP contribution is 2.45. The van der Waals surface area contributed by atoms with Crippen molar-refractivity contribution in [2.45, 2.75) is 103 Å². The van der Waals surface area contributed by atoms with E-state index in [1.807, 2.05) is 31.2 Å². The summed E-state index contributed by atoms with van der Waals surface area (Å²) in [6, 6.07) is 21.9. The van der Waals surface area contributed by atoms with Gasteiger partial charge in [0.05, 0.1) is 0 Å². The molecule has 0 amide bonds. The summed E-state index contributed by atoms with van der Waals surface area (Å²) in [6.45, 7) is 8.10. The van der Waals surface area contributed by atoms with Crippen LogP contribution in [0.25, 0.3) is 22.3 Å². The number of aryl methyl sites for hydroxylation is 2. The minimum absolute atomic E-state index is 0.102.